The number of carboxylic acids is 1. The molecule has 0 saturated carbocycles. The minimum absolute atomic E-state index is 0.0946. The second-order valence-electron chi connectivity index (χ2n) is 5.59. The molecule has 1 aliphatic heterocycles. The SMILES string of the molecule is CC1CCCCN1CCCNc1nccc(C(=O)O)c1N. The molecule has 0 aromatic carbocycles. The Labute approximate surface area is 125 Å². The van der Waals surface area contributed by atoms with Crippen molar-refractivity contribution in [2.24, 2.45) is 0 Å². The molecule has 2 rings (SSSR count). The van der Waals surface area contributed by atoms with Crippen LogP contribution in [-0.4, -0.2) is 46.6 Å². The molecule has 1 aromatic heterocycles. The van der Waals surface area contributed by atoms with Gasteiger partial charge in [0.25, 0.3) is 0 Å². The summed E-state index contributed by atoms with van der Waals surface area (Å²) in [4.78, 5) is 17.6. The highest BCUT2D eigenvalue weighted by Gasteiger charge is 2.17. The Hall–Kier alpha value is -1.82. The largest absolute Gasteiger partial charge is 0.478 e. The van der Waals surface area contributed by atoms with Crippen LogP contribution in [0.5, 0.6) is 0 Å². The van der Waals surface area contributed by atoms with E-state index in [1.165, 1.54) is 38.1 Å². The average Bonchev–Trinajstić information content (AvgIpc) is 2.46. The highest BCUT2D eigenvalue weighted by Crippen LogP contribution is 2.20. The Kier molecular flexibility index (Phi) is 5.38. The number of carbonyl (C=O) groups is 1. The van der Waals surface area contributed by atoms with Gasteiger partial charge in [-0.2, -0.15) is 0 Å². The number of carboxylic acid groups (broad SMARTS) is 1. The Morgan fingerprint density at radius 2 is 2.38 bits per heavy atom. The summed E-state index contributed by atoms with van der Waals surface area (Å²) in [6.07, 6.45) is 6.35. The Morgan fingerprint density at radius 1 is 1.57 bits per heavy atom. The first-order valence-corrected chi connectivity index (χ1v) is 7.55. The first-order chi connectivity index (χ1) is 10.1. The molecule has 1 aliphatic rings. The molecule has 0 bridgehead atoms. The smallest absolute Gasteiger partial charge is 0.337 e. The number of hydrogen-bond donors (Lipinski definition) is 3. The van der Waals surface area contributed by atoms with Crippen LogP contribution in [0.3, 0.4) is 0 Å². The number of nitrogens with zero attached hydrogens (tertiary/aromatic N) is 2. The summed E-state index contributed by atoms with van der Waals surface area (Å²) in [5, 5.41) is 12.2. The van der Waals surface area contributed by atoms with Crippen LogP contribution in [0.15, 0.2) is 12.3 Å². The number of rotatable bonds is 6. The third-order valence-electron chi connectivity index (χ3n) is 4.08. The quantitative estimate of drug-likeness (QED) is 0.695. The molecule has 6 nitrogen and oxygen atoms in total. The fourth-order valence-corrected chi connectivity index (χ4v) is 2.78. The summed E-state index contributed by atoms with van der Waals surface area (Å²) in [6.45, 7) is 5.24. The fraction of sp³-hybridized carbons (Fsp3) is 0.600. The summed E-state index contributed by atoms with van der Waals surface area (Å²) in [7, 11) is 0. The molecule has 1 fully saturated rings. The zero-order chi connectivity index (χ0) is 15.2. The lowest BCUT2D eigenvalue weighted by Crippen LogP contribution is -2.38. The molecular weight excluding hydrogens is 268 g/mol. The van der Waals surface area contributed by atoms with E-state index in [0.717, 1.165) is 19.5 Å². The van der Waals surface area contributed by atoms with Gasteiger partial charge in [0.05, 0.1) is 11.3 Å². The van der Waals surface area contributed by atoms with E-state index in [9.17, 15) is 4.79 Å². The molecule has 21 heavy (non-hydrogen) atoms. The van der Waals surface area contributed by atoms with Crippen LogP contribution in [0.25, 0.3) is 0 Å². The molecule has 1 unspecified atom stereocenters. The monoisotopic (exact) mass is 292 g/mol. The van der Waals surface area contributed by atoms with Gasteiger partial charge in [0, 0.05) is 25.3 Å². The second kappa shape index (κ2) is 7.26. The molecule has 2 heterocycles. The van der Waals surface area contributed by atoms with Crippen molar-refractivity contribution < 1.29 is 9.90 Å². The number of anilines is 2. The van der Waals surface area contributed by atoms with E-state index < -0.39 is 5.97 Å². The van der Waals surface area contributed by atoms with Crippen molar-refractivity contribution in [2.45, 2.75) is 38.6 Å². The Balaban J connectivity index is 1.81. The third-order valence-corrected chi connectivity index (χ3v) is 4.08. The molecule has 0 spiro atoms. The highest BCUT2D eigenvalue weighted by molar-refractivity contribution is 5.96. The van der Waals surface area contributed by atoms with E-state index in [-0.39, 0.29) is 11.3 Å². The van der Waals surface area contributed by atoms with Gasteiger partial charge in [-0.3, -0.25) is 0 Å². The second-order valence-corrected chi connectivity index (χ2v) is 5.59. The zero-order valence-corrected chi connectivity index (χ0v) is 12.5. The van der Waals surface area contributed by atoms with Gasteiger partial charge >= 0.3 is 5.97 Å². The summed E-state index contributed by atoms with van der Waals surface area (Å²) in [5.41, 5.74) is 6.11. The van der Waals surface area contributed by atoms with Crippen LogP contribution in [0.2, 0.25) is 0 Å². The predicted octanol–water partition coefficient (Wildman–Crippen LogP) is 2.04. The number of nitrogens with two attached hydrogens (primary N) is 1. The van der Waals surface area contributed by atoms with E-state index in [1.807, 2.05) is 0 Å². The molecular formula is C15H24N4O2. The number of aromatic carboxylic acids is 1. The van der Waals surface area contributed by atoms with Crippen LogP contribution in [0.1, 0.15) is 43.0 Å². The molecule has 1 aromatic rings. The lowest BCUT2D eigenvalue weighted by atomic mass is 10.0. The Bertz CT molecular complexity index is 493. The summed E-state index contributed by atoms with van der Waals surface area (Å²) in [6, 6.07) is 2.08. The van der Waals surface area contributed by atoms with Crippen LogP contribution in [-0.2, 0) is 0 Å². The maximum atomic E-state index is 11.0. The topological polar surface area (TPSA) is 91.5 Å². The molecule has 1 saturated heterocycles. The van der Waals surface area contributed by atoms with Gasteiger partial charge in [-0.25, -0.2) is 9.78 Å². The van der Waals surface area contributed by atoms with Crippen molar-refractivity contribution in [3.05, 3.63) is 17.8 Å². The molecule has 0 amide bonds. The van der Waals surface area contributed by atoms with Gasteiger partial charge in [-0.1, -0.05) is 6.42 Å². The van der Waals surface area contributed by atoms with Crippen molar-refractivity contribution in [3.63, 3.8) is 0 Å². The lowest BCUT2D eigenvalue weighted by Gasteiger charge is -2.33. The maximum Gasteiger partial charge on any atom is 0.337 e. The normalized spacial score (nSPS) is 19.4. The molecule has 4 N–H and O–H groups in total. The highest BCUT2D eigenvalue weighted by atomic mass is 16.4. The number of piperidine rings is 1. The van der Waals surface area contributed by atoms with E-state index in [2.05, 4.69) is 22.1 Å². The molecule has 6 heteroatoms. The van der Waals surface area contributed by atoms with Crippen molar-refractivity contribution in [1.82, 2.24) is 9.88 Å². The average molecular weight is 292 g/mol. The van der Waals surface area contributed by atoms with Gasteiger partial charge in [-0.15, -0.1) is 0 Å². The minimum Gasteiger partial charge on any atom is -0.478 e. The number of pyridine rings is 1. The van der Waals surface area contributed by atoms with Gasteiger partial charge in [0.1, 0.15) is 5.82 Å². The summed E-state index contributed by atoms with van der Waals surface area (Å²) < 4.78 is 0. The third kappa shape index (κ3) is 4.07. The minimum atomic E-state index is -1.03. The fourth-order valence-electron chi connectivity index (χ4n) is 2.78. The number of nitrogen functional groups attached to an aromatic ring is 1. The first kappa shape index (κ1) is 15.6. The van der Waals surface area contributed by atoms with Crippen LogP contribution >= 0.6 is 0 Å². The van der Waals surface area contributed by atoms with E-state index in [4.69, 9.17) is 10.8 Å². The lowest BCUT2D eigenvalue weighted by molar-refractivity contribution is 0.0698. The number of hydrogen-bond acceptors (Lipinski definition) is 5. The summed E-state index contributed by atoms with van der Waals surface area (Å²) in [5.74, 6) is -0.568. The van der Waals surface area contributed by atoms with E-state index >= 15 is 0 Å². The predicted molar refractivity (Wildman–Crippen MR) is 83.6 cm³/mol. The number of aromatic nitrogens is 1. The Morgan fingerprint density at radius 3 is 3.10 bits per heavy atom. The molecule has 0 radical (unpaired) electrons. The summed E-state index contributed by atoms with van der Waals surface area (Å²) >= 11 is 0. The molecule has 1 atom stereocenters. The van der Waals surface area contributed by atoms with Crippen molar-refractivity contribution in [1.29, 1.82) is 0 Å². The van der Waals surface area contributed by atoms with Crippen molar-refractivity contribution in [3.8, 4) is 0 Å². The first-order valence-electron chi connectivity index (χ1n) is 7.55. The van der Waals surface area contributed by atoms with Crippen LogP contribution in [0.4, 0.5) is 11.5 Å². The van der Waals surface area contributed by atoms with Crippen molar-refractivity contribution >= 4 is 17.5 Å². The van der Waals surface area contributed by atoms with Gasteiger partial charge in [0.15, 0.2) is 0 Å². The molecule has 116 valence electrons. The number of likely N-dealkylation sites (tertiary alicyclic amines) is 1. The number of nitrogens with one attached hydrogen (secondary N) is 1. The van der Waals surface area contributed by atoms with Crippen LogP contribution < -0.4 is 11.1 Å². The van der Waals surface area contributed by atoms with Gasteiger partial charge < -0.3 is 21.1 Å². The zero-order valence-electron chi connectivity index (χ0n) is 12.5. The van der Waals surface area contributed by atoms with Crippen LogP contribution in [0, 0.1) is 0 Å². The standard InChI is InChI=1S/C15H24N4O2/c1-11-5-2-3-9-19(11)10-4-7-17-14-13(16)12(15(20)21)6-8-18-14/h6,8,11H,2-5,7,9-10,16H2,1H3,(H,17,18)(H,20,21). The van der Waals surface area contributed by atoms with Gasteiger partial charge in [0.2, 0.25) is 0 Å². The van der Waals surface area contributed by atoms with Crippen molar-refractivity contribution in [2.75, 3.05) is 30.7 Å². The maximum absolute atomic E-state index is 11.0. The van der Waals surface area contributed by atoms with E-state index in [1.54, 1.807) is 0 Å². The van der Waals surface area contributed by atoms with Gasteiger partial charge in [-0.05, 0) is 38.8 Å². The van der Waals surface area contributed by atoms with E-state index in [0.29, 0.717) is 11.9 Å². The molecule has 0 aliphatic carbocycles.